The Labute approximate surface area is 167 Å². The average molecular weight is 406 g/mol. The van der Waals surface area contributed by atoms with Gasteiger partial charge < -0.3 is 4.90 Å². The van der Waals surface area contributed by atoms with Crippen molar-refractivity contribution in [3.8, 4) is 0 Å². The van der Waals surface area contributed by atoms with Gasteiger partial charge in [0, 0.05) is 38.8 Å². The van der Waals surface area contributed by atoms with Gasteiger partial charge in [-0.3, -0.25) is 9.69 Å². The van der Waals surface area contributed by atoms with Crippen LogP contribution < -0.4 is 0 Å². The number of carbonyl (C=O) groups excluding carboxylic acids is 1. The van der Waals surface area contributed by atoms with Crippen LogP contribution in [0.1, 0.15) is 23.1 Å². The number of hydrogen-bond donors (Lipinski definition) is 0. The lowest BCUT2D eigenvalue weighted by molar-refractivity contribution is -0.137. The summed E-state index contributed by atoms with van der Waals surface area (Å²) in [6, 6.07) is 11.3. The largest absolute Gasteiger partial charge is 0.416 e. The minimum Gasteiger partial charge on any atom is -0.338 e. The number of amides is 1. The minimum atomic E-state index is -4.41. The van der Waals surface area contributed by atoms with Crippen molar-refractivity contribution in [1.82, 2.24) is 9.80 Å². The highest BCUT2D eigenvalue weighted by atomic mass is 19.4. The molecular weight excluding hydrogens is 384 g/mol. The van der Waals surface area contributed by atoms with E-state index in [1.165, 1.54) is 36.4 Å². The van der Waals surface area contributed by atoms with Crippen molar-refractivity contribution < 1.29 is 22.4 Å². The molecule has 1 amide bonds. The van der Waals surface area contributed by atoms with E-state index in [2.05, 4.69) is 4.90 Å². The lowest BCUT2D eigenvalue weighted by atomic mass is 10.1. The Balaban J connectivity index is 1.56. The maximum absolute atomic E-state index is 13.0. The van der Waals surface area contributed by atoms with Crippen molar-refractivity contribution in [2.24, 2.45) is 0 Å². The van der Waals surface area contributed by atoms with Crippen LogP contribution in [0.5, 0.6) is 0 Å². The zero-order valence-corrected chi connectivity index (χ0v) is 15.8. The van der Waals surface area contributed by atoms with Gasteiger partial charge >= 0.3 is 6.18 Å². The molecule has 1 fully saturated rings. The predicted molar refractivity (Wildman–Crippen MR) is 103 cm³/mol. The fourth-order valence-corrected chi connectivity index (χ4v) is 3.29. The van der Waals surface area contributed by atoms with Crippen LogP contribution in [-0.2, 0) is 17.5 Å². The first-order valence-electron chi connectivity index (χ1n) is 9.42. The molecular formula is C22H22F4N2O. The van der Waals surface area contributed by atoms with Gasteiger partial charge in [0.05, 0.1) is 5.56 Å². The summed E-state index contributed by atoms with van der Waals surface area (Å²) < 4.78 is 51.4. The van der Waals surface area contributed by atoms with Gasteiger partial charge in [-0.1, -0.05) is 24.3 Å². The van der Waals surface area contributed by atoms with Gasteiger partial charge in [-0.25, -0.2) is 4.39 Å². The van der Waals surface area contributed by atoms with Crippen LogP contribution in [0.15, 0.2) is 54.6 Å². The Morgan fingerprint density at radius 2 is 1.76 bits per heavy atom. The van der Waals surface area contributed by atoms with Gasteiger partial charge in [0.15, 0.2) is 0 Å². The highest BCUT2D eigenvalue weighted by molar-refractivity contribution is 5.91. The van der Waals surface area contributed by atoms with E-state index in [1.807, 2.05) is 0 Å². The third kappa shape index (κ3) is 6.15. The van der Waals surface area contributed by atoms with Crippen molar-refractivity contribution in [2.45, 2.75) is 19.1 Å². The van der Waals surface area contributed by atoms with Gasteiger partial charge in [-0.15, -0.1) is 0 Å². The summed E-state index contributed by atoms with van der Waals surface area (Å²) in [5.74, 6) is -0.486. The topological polar surface area (TPSA) is 23.6 Å². The van der Waals surface area contributed by atoms with Crippen LogP contribution >= 0.6 is 0 Å². The summed E-state index contributed by atoms with van der Waals surface area (Å²) in [6.07, 6.45) is -0.874. The summed E-state index contributed by atoms with van der Waals surface area (Å²) in [6.45, 7) is 3.31. The Morgan fingerprint density at radius 3 is 2.48 bits per heavy atom. The van der Waals surface area contributed by atoms with Crippen LogP contribution in [0.3, 0.4) is 0 Å². The summed E-state index contributed by atoms with van der Waals surface area (Å²) in [5, 5.41) is 0. The van der Waals surface area contributed by atoms with E-state index in [-0.39, 0.29) is 11.7 Å². The Bertz CT molecular complexity index is 862. The first kappa shape index (κ1) is 21.0. The SMILES string of the molecule is O=C(/C=C/c1cccc(C(F)(F)F)c1)N1CCCN(Cc2ccc(F)cc2)CC1. The normalized spacial score (nSPS) is 16.2. The summed E-state index contributed by atoms with van der Waals surface area (Å²) in [4.78, 5) is 16.4. The van der Waals surface area contributed by atoms with Gasteiger partial charge in [-0.05, 0) is 47.9 Å². The van der Waals surface area contributed by atoms with E-state index in [9.17, 15) is 22.4 Å². The number of alkyl halides is 3. The second-order valence-electron chi connectivity index (χ2n) is 7.04. The molecule has 0 radical (unpaired) electrons. The molecule has 0 spiro atoms. The molecule has 3 nitrogen and oxygen atoms in total. The first-order valence-corrected chi connectivity index (χ1v) is 9.42. The van der Waals surface area contributed by atoms with Crippen molar-refractivity contribution in [3.05, 3.63) is 77.1 Å². The molecule has 0 atom stereocenters. The fraction of sp³-hybridized carbons (Fsp3) is 0.318. The number of benzene rings is 2. The summed E-state index contributed by atoms with van der Waals surface area (Å²) in [5.41, 5.74) is 0.606. The van der Waals surface area contributed by atoms with Crippen molar-refractivity contribution in [1.29, 1.82) is 0 Å². The van der Waals surface area contributed by atoms with Gasteiger partial charge in [-0.2, -0.15) is 13.2 Å². The second kappa shape index (κ2) is 9.22. The van der Waals surface area contributed by atoms with Crippen LogP contribution in [0.2, 0.25) is 0 Å². The maximum Gasteiger partial charge on any atom is 0.416 e. The fourth-order valence-electron chi connectivity index (χ4n) is 3.29. The maximum atomic E-state index is 13.0. The molecule has 2 aromatic carbocycles. The molecule has 1 saturated heterocycles. The molecule has 0 aromatic heterocycles. The zero-order valence-electron chi connectivity index (χ0n) is 15.8. The summed E-state index contributed by atoms with van der Waals surface area (Å²) >= 11 is 0. The van der Waals surface area contributed by atoms with E-state index >= 15 is 0 Å². The number of rotatable bonds is 4. The summed E-state index contributed by atoms with van der Waals surface area (Å²) in [7, 11) is 0. The molecule has 0 unspecified atom stereocenters. The molecule has 1 aliphatic heterocycles. The lowest BCUT2D eigenvalue weighted by Gasteiger charge is -2.21. The molecule has 0 saturated carbocycles. The third-order valence-electron chi connectivity index (χ3n) is 4.85. The first-order chi connectivity index (χ1) is 13.8. The van der Waals surface area contributed by atoms with Crippen molar-refractivity contribution >= 4 is 12.0 Å². The highest BCUT2D eigenvalue weighted by Gasteiger charge is 2.30. The molecule has 0 aliphatic carbocycles. The van der Waals surface area contributed by atoms with E-state index in [0.717, 1.165) is 30.7 Å². The number of hydrogen-bond acceptors (Lipinski definition) is 2. The number of nitrogens with zero attached hydrogens (tertiary/aromatic N) is 2. The quantitative estimate of drug-likeness (QED) is 0.548. The Hall–Kier alpha value is -2.67. The van der Waals surface area contributed by atoms with Gasteiger partial charge in [0.1, 0.15) is 5.82 Å². The van der Waals surface area contributed by atoms with E-state index in [4.69, 9.17) is 0 Å². The molecule has 7 heteroatoms. The molecule has 29 heavy (non-hydrogen) atoms. The van der Waals surface area contributed by atoms with E-state index in [1.54, 1.807) is 17.0 Å². The second-order valence-corrected chi connectivity index (χ2v) is 7.04. The average Bonchev–Trinajstić information content (AvgIpc) is 2.93. The van der Waals surface area contributed by atoms with Crippen LogP contribution in [0.4, 0.5) is 17.6 Å². The van der Waals surface area contributed by atoms with Crippen molar-refractivity contribution in [2.75, 3.05) is 26.2 Å². The molecule has 1 heterocycles. The zero-order chi connectivity index (χ0) is 20.9. The van der Waals surface area contributed by atoms with Crippen LogP contribution in [-0.4, -0.2) is 41.9 Å². The van der Waals surface area contributed by atoms with Gasteiger partial charge in [0.2, 0.25) is 5.91 Å². The Morgan fingerprint density at radius 1 is 1.00 bits per heavy atom. The predicted octanol–water partition coefficient (Wildman–Crippen LogP) is 4.59. The smallest absolute Gasteiger partial charge is 0.338 e. The molecule has 2 aromatic rings. The molecule has 154 valence electrons. The monoisotopic (exact) mass is 406 g/mol. The number of halogens is 4. The Kier molecular flexibility index (Phi) is 6.69. The number of carbonyl (C=O) groups is 1. The molecule has 3 rings (SSSR count). The standard InChI is InChI=1S/C22H22F4N2O/c23-20-8-5-18(6-9-20)16-27-11-2-12-28(14-13-27)21(29)10-7-17-3-1-4-19(15-17)22(24,25)26/h1,3-10,15H,2,11-14,16H2/b10-7+. The lowest BCUT2D eigenvalue weighted by Crippen LogP contribution is -2.34. The molecule has 0 N–H and O–H groups in total. The molecule has 1 aliphatic rings. The van der Waals surface area contributed by atoms with Crippen LogP contribution in [0, 0.1) is 5.82 Å². The van der Waals surface area contributed by atoms with E-state index in [0.29, 0.717) is 31.7 Å². The minimum absolute atomic E-state index is 0.217. The molecule has 0 bridgehead atoms. The van der Waals surface area contributed by atoms with E-state index < -0.39 is 11.7 Å². The third-order valence-corrected chi connectivity index (χ3v) is 4.85. The highest BCUT2D eigenvalue weighted by Crippen LogP contribution is 2.29. The van der Waals surface area contributed by atoms with Crippen LogP contribution in [0.25, 0.3) is 6.08 Å². The van der Waals surface area contributed by atoms with Gasteiger partial charge in [0.25, 0.3) is 0 Å². The van der Waals surface area contributed by atoms with Crippen molar-refractivity contribution in [3.63, 3.8) is 0 Å².